The number of amides is 1. The van der Waals surface area contributed by atoms with Crippen LogP contribution < -0.4 is 5.32 Å². The summed E-state index contributed by atoms with van der Waals surface area (Å²) in [5.74, 6) is 0.107. The van der Waals surface area contributed by atoms with E-state index >= 15 is 0 Å². The SMILES string of the molecule is CCC[C@H]1O[C@H]1C(=O)NC1CC1. The van der Waals surface area contributed by atoms with E-state index in [0.29, 0.717) is 6.04 Å². The number of epoxide rings is 1. The standard InChI is InChI=1S/C9H15NO2/c1-2-3-7-8(12-7)9(11)10-6-4-5-6/h6-8H,2-5H2,1H3,(H,10,11)/t7-,8-/m1/s1. The van der Waals surface area contributed by atoms with Crippen molar-refractivity contribution >= 4 is 5.91 Å². The van der Waals surface area contributed by atoms with E-state index in [2.05, 4.69) is 12.2 Å². The van der Waals surface area contributed by atoms with Gasteiger partial charge in [-0.3, -0.25) is 4.79 Å². The number of hydrogen-bond donors (Lipinski definition) is 1. The normalized spacial score (nSPS) is 33.1. The zero-order valence-corrected chi connectivity index (χ0v) is 7.38. The lowest BCUT2D eigenvalue weighted by atomic mass is 10.2. The van der Waals surface area contributed by atoms with Gasteiger partial charge >= 0.3 is 0 Å². The molecule has 1 N–H and O–H groups in total. The Morgan fingerprint density at radius 2 is 2.33 bits per heavy atom. The average molecular weight is 169 g/mol. The van der Waals surface area contributed by atoms with Gasteiger partial charge in [-0.1, -0.05) is 13.3 Å². The maximum atomic E-state index is 11.3. The highest BCUT2D eigenvalue weighted by atomic mass is 16.6. The molecule has 0 aromatic carbocycles. The van der Waals surface area contributed by atoms with Crippen molar-refractivity contribution in [2.75, 3.05) is 0 Å². The van der Waals surface area contributed by atoms with Crippen LogP contribution in [0, 0.1) is 0 Å². The van der Waals surface area contributed by atoms with Crippen molar-refractivity contribution in [1.82, 2.24) is 5.32 Å². The Kier molecular flexibility index (Phi) is 2.05. The van der Waals surface area contributed by atoms with Crippen LogP contribution in [0.15, 0.2) is 0 Å². The number of carbonyl (C=O) groups excluding carboxylic acids is 1. The van der Waals surface area contributed by atoms with Crippen molar-refractivity contribution in [1.29, 1.82) is 0 Å². The summed E-state index contributed by atoms with van der Waals surface area (Å²) >= 11 is 0. The molecule has 1 aliphatic heterocycles. The van der Waals surface area contributed by atoms with E-state index in [9.17, 15) is 4.79 Å². The number of ether oxygens (including phenoxy) is 1. The zero-order chi connectivity index (χ0) is 8.55. The molecular formula is C9H15NO2. The quantitative estimate of drug-likeness (QED) is 0.633. The Bertz CT molecular complexity index is 189. The summed E-state index contributed by atoms with van der Waals surface area (Å²) in [5.41, 5.74) is 0. The summed E-state index contributed by atoms with van der Waals surface area (Å²) in [5, 5.41) is 2.94. The average Bonchev–Trinajstić information content (AvgIpc) is 2.82. The first-order valence-corrected chi connectivity index (χ1v) is 4.77. The first-order chi connectivity index (χ1) is 5.81. The molecule has 0 aromatic heterocycles. The molecule has 1 aliphatic carbocycles. The van der Waals surface area contributed by atoms with Crippen LogP contribution in [0.25, 0.3) is 0 Å². The molecule has 2 aliphatic rings. The van der Waals surface area contributed by atoms with Crippen LogP contribution in [0.5, 0.6) is 0 Å². The maximum Gasteiger partial charge on any atom is 0.252 e. The maximum absolute atomic E-state index is 11.3. The summed E-state index contributed by atoms with van der Waals surface area (Å²) < 4.78 is 5.24. The molecule has 1 amide bonds. The summed E-state index contributed by atoms with van der Waals surface area (Å²) in [6, 6.07) is 0.462. The van der Waals surface area contributed by atoms with Gasteiger partial charge in [-0.15, -0.1) is 0 Å². The van der Waals surface area contributed by atoms with Gasteiger partial charge in [0.15, 0.2) is 6.10 Å². The van der Waals surface area contributed by atoms with Crippen molar-refractivity contribution in [3.05, 3.63) is 0 Å². The smallest absolute Gasteiger partial charge is 0.252 e. The Morgan fingerprint density at radius 3 is 2.92 bits per heavy atom. The van der Waals surface area contributed by atoms with Crippen molar-refractivity contribution in [3.63, 3.8) is 0 Å². The van der Waals surface area contributed by atoms with Gasteiger partial charge in [-0.05, 0) is 19.3 Å². The molecule has 12 heavy (non-hydrogen) atoms. The van der Waals surface area contributed by atoms with Gasteiger partial charge in [0.05, 0.1) is 6.10 Å². The molecule has 0 bridgehead atoms. The third kappa shape index (κ3) is 1.78. The fourth-order valence-electron chi connectivity index (χ4n) is 1.39. The van der Waals surface area contributed by atoms with Gasteiger partial charge in [-0.25, -0.2) is 0 Å². The highest BCUT2D eigenvalue weighted by Crippen LogP contribution is 2.28. The second kappa shape index (κ2) is 3.05. The lowest BCUT2D eigenvalue weighted by Crippen LogP contribution is -2.30. The largest absolute Gasteiger partial charge is 0.359 e. The predicted octanol–water partition coefficient (Wildman–Crippen LogP) is 0.832. The van der Waals surface area contributed by atoms with Crippen molar-refractivity contribution in [3.8, 4) is 0 Å². The Hall–Kier alpha value is -0.570. The molecule has 0 radical (unpaired) electrons. The fourth-order valence-corrected chi connectivity index (χ4v) is 1.39. The zero-order valence-electron chi connectivity index (χ0n) is 7.38. The number of carbonyl (C=O) groups is 1. The highest BCUT2D eigenvalue weighted by Gasteiger charge is 2.45. The van der Waals surface area contributed by atoms with E-state index in [1.807, 2.05) is 0 Å². The van der Waals surface area contributed by atoms with Crippen LogP contribution in [-0.2, 0) is 9.53 Å². The molecule has 2 fully saturated rings. The van der Waals surface area contributed by atoms with Gasteiger partial charge in [-0.2, -0.15) is 0 Å². The molecule has 1 saturated carbocycles. The number of nitrogens with one attached hydrogen (secondary N) is 1. The van der Waals surface area contributed by atoms with Crippen LogP contribution in [-0.4, -0.2) is 24.2 Å². The lowest BCUT2D eigenvalue weighted by molar-refractivity contribution is -0.122. The molecule has 3 heteroatoms. The molecular weight excluding hydrogens is 154 g/mol. The van der Waals surface area contributed by atoms with Gasteiger partial charge < -0.3 is 10.1 Å². The molecule has 2 atom stereocenters. The van der Waals surface area contributed by atoms with Crippen molar-refractivity contribution in [2.45, 2.75) is 50.9 Å². The van der Waals surface area contributed by atoms with E-state index in [-0.39, 0.29) is 18.1 Å². The minimum absolute atomic E-state index is 0.107. The summed E-state index contributed by atoms with van der Waals surface area (Å²) in [6.45, 7) is 2.11. The Balaban J connectivity index is 1.68. The van der Waals surface area contributed by atoms with Crippen LogP contribution in [0.2, 0.25) is 0 Å². The second-order valence-corrected chi connectivity index (χ2v) is 3.67. The van der Waals surface area contributed by atoms with E-state index < -0.39 is 0 Å². The van der Waals surface area contributed by atoms with Crippen LogP contribution in [0.4, 0.5) is 0 Å². The molecule has 0 spiro atoms. The fraction of sp³-hybridized carbons (Fsp3) is 0.889. The number of hydrogen-bond acceptors (Lipinski definition) is 2. The first-order valence-electron chi connectivity index (χ1n) is 4.77. The molecule has 3 nitrogen and oxygen atoms in total. The summed E-state index contributed by atoms with van der Waals surface area (Å²) in [7, 11) is 0. The van der Waals surface area contributed by atoms with Crippen LogP contribution in [0.3, 0.4) is 0 Å². The number of rotatable bonds is 4. The summed E-state index contributed by atoms with van der Waals surface area (Å²) in [6.07, 6.45) is 4.51. The van der Waals surface area contributed by atoms with Crippen LogP contribution in [0.1, 0.15) is 32.6 Å². The minimum Gasteiger partial charge on any atom is -0.359 e. The topological polar surface area (TPSA) is 41.6 Å². The summed E-state index contributed by atoms with van der Waals surface area (Å²) in [4.78, 5) is 11.3. The molecule has 1 saturated heterocycles. The highest BCUT2D eigenvalue weighted by molar-refractivity contribution is 5.84. The molecule has 2 rings (SSSR count). The lowest BCUT2D eigenvalue weighted by Gasteiger charge is -1.97. The van der Waals surface area contributed by atoms with Crippen molar-refractivity contribution < 1.29 is 9.53 Å². The van der Waals surface area contributed by atoms with E-state index in [4.69, 9.17) is 4.74 Å². The third-order valence-electron chi connectivity index (χ3n) is 2.34. The van der Waals surface area contributed by atoms with E-state index in [0.717, 1.165) is 25.7 Å². The van der Waals surface area contributed by atoms with E-state index in [1.54, 1.807) is 0 Å². The van der Waals surface area contributed by atoms with Gasteiger partial charge in [0.1, 0.15) is 0 Å². The van der Waals surface area contributed by atoms with Gasteiger partial charge in [0.25, 0.3) is 5.91 Å². The monoisotopic (exact) mass is 169 g/mol. The first kappa shape index (κ1) is 8.05. The Morgan fingerprint density at radius 1 is 1.58 bits per heavy atom. The third-order valence-corrected chi connectivity index (χ3v) is 2.34. The predicted molar refractivity (Wildman–Crippen MR) is 44.7 cm³/mol. The molecule has 0 aromatic rings. The van der Waals surface area contributed by atoms with Gasteiger partial charge in [0.2, 0.25) is 0 Å². The molecule has 0 unspecified atom stereocenters. The minimum atomic E-state index is -0.120. The van der Waals surface area contributed by atoms with E-state index in [1.165, 1.54) is 0 Å². The second-order valence-electron chi connectivity index (χ2n) is 3.67. The molecule has 1 heterocycles. The van der Waals surface area contributed by atoms with Gasteiger partial charge in [0, 0.05) is 6.04 Å². The Labute approximate surface area is 72.5 Å². The molecule has 68 valence electrons. The van der Waals surface area contributed by atoms with Crippen molar-refractivity contribution in [2.24, 2.45) is 0 Å². The van der Waals surface area contributed by atoms with Crippen LogP contribution >= 0.6 is 0 Å².